The average molecular weight is 312 g/mol. The molecule has 0 spiro atoms. The van der Waals surface area contributed by atoms with E-state index in [0.717, 1.165) is 36.3 Å². The van der Waals surface area contributed by atoms with Crippen LogP contribution >= 0.6 is 0 Å². The summed E-state index contributed by atoms with van der Waals surface area (Å²) < 4.78 is 0. The van der Waals surface area contributed by atoms with Crippen LogP contribution in [0.3, 0.4) is 0 Å². The van der Waals surface area contributed by atoms with Gasteiger partial charge in [-0.15, -0.1) is 0 Å². The molecule has 1 heterocycles. The van der Waals surface area contributed by atoms with E-state index in [0.29, 0.717) is 12.6 Å². The number of carbonyl (C=O) groups is 1. The molecule has 23 heavy (non-hydrogen) atoms. The van der Waals surface area contributed by atoms with Crippen molar-refractivity contribution in [3.05, 3.63) is 42.2 Å². The maximum atomic E-state index is 11.9. The summed E-state index contributed by atoms with van der Waals surface area (Å²) in [6.45, 7) is 0.606. The number of hydrogen-bond acceptors (Lipinski definition) is 2. The van der Waals surface area contributed by atoms with Gasteiger partial charge in [0, 0.05) is 36.5 Å². The molecule has 0 saturated heterocycles. The molecule has 0 aliphatic heterocycles. The molecule has 0 radical (unpaired) electrons. The number of nitrogens with zero attached hydrogens (tertiary/aromatic N) is 1. The Morgan fingerprint density at radius 2 is 1.96 bits per heavy atom. The average Bonchev–Trinajstić information content (AvgIpc) is 3.05. The van der Waals surface area contributed by atoms with E-state index in [9.17, 15) is 4.79 Å². The highest BCUT2D eigenvalue weighted by atomic mass is 16.2. The molecule has 1 aliphatic carbocycles. The summed E-state index contributed by atoms with van der Waals surface area (Å²) in [6, 6.07) is 10.3. The van der Waals surface area contributed by atoms with Gasteiger partial charge in [-0.25, -0.2) is 9.78 Å². The first kappa shape index (κ1) is 15.6. The lowest BCUT2D eigenvalue weighted by molar-refractivity contribution is 0.233. The molecule has 1 fully saturated rings. The number of aromatic nitrogens is 2. The van der Waals surface area contributed by atoms with Crippen LogP contribution < -0.4 is 10.6 Å². The number of benzene rings is 1. The second-order valence-corrected chi connectivity index (χ2v) is 6.11. The summed E-state index contributed by atoms with van der Waals surface area (Å²) >= 11 is 0. The fourth-order valence-corrected chi connectivity index (χ4v) is 3.02. The molecular formula is C18H24N4O. The van der Waals surface area contributed by atoms with Crippen molar-refractivity contribution in [2.75, 3.05) is 6.54 Å². The Labute approximate surface area is 136 Å². The van der Waals surface area contributed by atoms with Gasteiger partial charge in [0.1, 0.15) is 5.82 Å². The Morgan fingerprint density at radius 3 is 2.74 bits per heavy atom. The molecule has 2 aromatic rings. The van der Waals surface area contributed by atoms with Crippen molar-refractivity contribution in [1.82, 2.24) is 20.6 Å². The van der Waals surface area contributed by atoms with Gasteiger partial charge in [-0.1, -0.05) is 49.6 Å². The molecular weight excluding hydrogens is 288 g/mol. The number of nitrogens with one attached hydrogen (secondary N) is 3. The SMILES string of the molecule is O=C(NCCc1cnc(-c2ccccc2)[nH]1)NC1CCCCC1. The van der Waals surface area contributed by atoms with E-state index in [2.05, 4.69) is 20.6 Å². The van der Waals surface area contributed by atoms with E-state index in [1.165, 1.54) is 19.3 Å². The van der Waals surface area contributed by atoms with Crippen LogP contribution in [0.1, 0.15) is 37.8 Å². The minimum Gasteiger partial charge on any atom is -0.342 e. The number of hydrogen-bond donors (Lipinski definition) is 3. The molecule has 5 nitrogen and oxygen atoms in total. The van der Waals surface area contributed by atoms with Crippen LogP contribution in [0.15, 0.2) is 36.5 Å². The summed E-state index contributed by atoms with van der Waals surface area (Å²) in [7, 11) is 0. The largest absolute Gasteiger partial charge is 0.342 e. The highest BCUT2D eigenvalue weighted by Crippen LogP contribution is 2.17. The third-order valence-electron chi connectivity index (χ3n) is 4.30. The van der Waals surface area contributed by atoms with Gasteiger partial charge in [-0.2, -0.15) is 0 Å². The monoisotopic (exact) mass is 312 g/mol. The lowest BCUT2D eigenvalue weighted by Gasteiger charge is -2.22. The minimum atomic E-state index is -0.0558. The molecule has 122 valence electrons. The Hall–Kier alpha value is -2.30. The zero-order valence-electron chi connectivity index (χ0n) is 13.3. The minimum absolute atomic E-state index is 0.0558. The normalized spacial score (nSPS) is 15.3. The number of urea groups is 1. The summed E-state index contributed by atoms with van der Waals surface area (Å²) in [6.07, 6.45) is 8.54. The fraction of sp³-hybridized carbons (Fsp3) is 0.444. The summed E-state index contributed by atoms with van der Waals surface area (Å²) in [5.74, 6) is 0.868. The van der Waals surface area contributed by atoms with Crippen molar-refractivity contribution in [3.8, 4) is 11.4 Å². The van der Waals surface area contributed by atoms with Crippen molar-refractivity contribution in [2.45, 2.75) is 44.6 Å². The first-order chi connectivity index (χ1) is 11.3. The third-order valence-corrected chi connectivity index (χ3v) is 4.30. The van der Waals surface area contributed by atoms with Gasteiger partial charge in [0.25, 0.3) is 0 Å². The second kappa shape index (κ2) is 7.81. The quantitative estimate of drug-likeness (QED) is 0.793. The Bertz CT molecular complexity index is 617. The van der Waals surface area contributed by atoms with Crippen LogP contribution in [-0.4, -0.2) is 28.6 Å². The van der Waals surface area contributed by atoms with Gasteiger partial charge >= 0.3 is 6.03 Å². The van der Waals surface area contributed by atoms with Crippen molar-refractivity contribution in [1.29, 1.82) is 0 Å². The molecule has 1 aliphatic rings. The number of H-pyrrole nitrogens is 1. The maximum absolute atomic E-state index is 11.9. The van der Waals surface area contributed by atoms with E-state index in [-0.39, 0.29) is 6.03 Å². The predicted molar refractivity (Wildman–Crippen MR) is 91.1 cm³/mol. The number of imidazole rings is 1. The van der Waals surface area contributed by atoms with Crippen LogP contribution in [-0.2, 0) is 6.42 Å². The van der Waals surface area contributed by atoms with Crippen molar-refractivity contribution < 1.29 is 4.79 Å². The van der Waals surface area contributed by atoms with Crippen LogP contribution in [0.4, 0.5) is 4.79 Å². The number of amides is 2. The highest BCUT2D eigenvalue weighted by molar-refractivity contribution is 5.74. The topological polar surface area (TPSA) is 69.8 Å². The van der Waals surface area contributed by atoms with E-state index in [1.54, 1.807) is 0 Å². The number of rotatable bonds is 5. The lowest BCUT2D eigenvalue weighted by Crippen LogP contribution is -2.43. The number of carbonyl (C=O) groups excluding carboxylic acids is 1. The molecule has 3 rings (SSSR count). The van der Waals surface area contributed by atoms with Gasteiger partial charge in [0.2, 0.25) is 0 Å². The van der Waals surface area contributed by atoms with Gasteiger partial charge in [-0.3, -0.25) is 0 Å². The molecule has 1 aromatic heterocycles. The number of aromatic amines is 1. The molecule has 0 atom stereocenters. The van der Waals surface area contributed by atoms with E-state index in [4.69, 9.17) is 0 Å². The van der Waals surface area contributed by atoms with Crippen LogP contribution in [0.5, 0.6) is 0 Å². The maximum Gasteiger partial charge on any atom is 0.315 e. The van der Waals surface area contributed by atoms with E-state index >= 15 is 0 Å². The van der Waals surface area contributed by atoms with Gasteiger partial charge < -0.3 is 15.6 Å². The summed E-state index contributed by atoms with van der Waals surface area (Å²) in [5.41, 5.74) is 2.10. The molecule has 0 bridgehead atoms. The van der Waals surface area contributed by atoms with E-state index in [1.807, 2.05) is 36.5 Å². The molecule has 2 amide bonds. The van der Waals surface area contributed by atoms with Crippen molar-refractivity contribution >= 4 is 6.03 Å². The lowest BCUT2D eigenvalue weighted by atomic mass is 9.96. The Kier molecular flexibility index (Phi) is 5.29. The Balaban J connectivity index is 1.42. The summed E-state index contributed by atoms with van der Waals surface area (Å²) in [5, 5.41) is 5.99. The van der Waals surface area contributed by atoms with Gasteiger partial charge in [0.15, 0.2) is 0 Å². The first-order valence-electron chi connectivity index (χ1n) is 8.45. The molecule has 3 N–H and O–H groups in total. The van der Waals surface area contributed by atoms with Crippen molar-refractivity contribution in [3.63, 3.8) is 0 Å². The second-order valence-electron chi connectivity index (χ2n) is 6.11. The van der Waals surface area contributed by atoms with Gasteiger partial charge in [0.05, 0.1) is 0 Å². The Morgan fingerprint density at radius 1 is 1.17 bits per heavy atom. The summed E-state index contributed by atoms with van der Waals surface area (Å²) in [4.78, 5) is 19.6. The first-order valence-corrected chi connectivity index (χ1v) is 8.45. The molecule has 5 heteroatoms. The van der Waals surface area contributed by atoms with Crippen LogP contribution in [0, 0.1) is 0 Å². The zero-order chi connectivity index (χ0) is 15.9. The third kappa shape index (κ3) is 4.58. The van der Waals surface area contributed by atoms with E-state index < -0.39 is 0 Å². The van der Waals surface area contributed by atoms with Crippen LogP contribution in [0.25, 0.3) is 11.4 Å². The highest BCUT2D eigenvalue weighted by Gasteiger charge is 2.15. The van der Waals surface area contributed by atoms with Crippen molar-refractivity contribution in [2.24, 2.45) is 0 Å². The standard InChI is InChI=1S/C18H24N4O/c23-18(22-15-9-5-2-6-10-15)19-12-11-16-13-20-17(21-16)14-7-3-1-4-8-14/h1,3-4,7-8,13,15H,2,5-6,9-12H2,(H,20,21)(H2,19,22,23). The smallest absolute Gasteiger partial charge is 0.315 e. The van der Waals surface area contributed by atoms with Crippen LogP contribution in [0.2, 0.25) is 0 Å². The molecule has 0 unspecified atom stereocenters. The fourth-order valence-electron chi connectivity index (χ4n) is 3.02. The van der Waals surface area contributed by atoms with Gasteiger partial charge in [-0.05, 0) is 12.8 Å². The molecule has 1 saturated carbocycles. The zero-order valence-corrected chi connectivity index (χ0v) is 13.3. The molecule has 1 aromatic carbocycles. The predicted octanol–water partition coefficient (Wildman–Crippen LogP) is 3.25.